The van der Waals surface area contributed by atoms with E-state index in [1.54, 1.807) is 0 Å². The molecule has 0 saturated carbocycles. The Labute approximate surface area is 133 Å². The number of hydrogen-bond acceptors (Lipinski definition) is 6. The highest BCUT2D eigenvalue weighted by molar-refractivity contribution is 7.80. The van der Waals surface area contributed by atoms with Gasteiger partial charge in [-0.1, -0.05) is 26.7 Å². The molecule has 1 aliphatic rings. The SMILES string of the molecule is CCCCOCC1OC(S)C(OCCCC)C1OC=CO. The highest BCUT2D eigenvalue weighted by Gasteiger charge is 2.45. The summed E-state index contributed by atoms with van der Waals surface area (Å²) in [5, 5.41) is 8.79. The molecule has 4 unspecified atom stereocenters. The predicted molar refractivity (Wildman–Crippen MR) is 84.7 cm³/mol. The number of rotatable bonds is 11. The lowest BCUT2D eigenvalue weighted by molar-refractivity contribution is -0.0488. The van der Waals surface area contributed by atoms with E-state index in [0.29, 0.717) is 19.8 Å². The fraction of sp³-hybridized carbons (Fsp3) is 0.867. The molecule has 0 aromatic carbocycles. The Morgan fingerprint density at radius 3 is 2.52 bits per heavy atom. The number of aliphatic hydroxyl groups is 1. The lowest BCUT2D eigenvalue weighted by Gasteiger charge is -2.22. The molecule has 21 heavy (non-hydrogen) atoms. The zero-order valence-corrected chi connectivity index (χ0v) is 13.8. The quantitative estimate of drug-likeness (QED) is 0.348. The first kappa shape index (κ1) is 18.6. The summed E-state index contributed by atoms with van der Waals surface area (Å²) in [7, 11) is 0. The van der Waals surface area contributed by atoms with Crippen molar-refractivity contribution in [1.29, 1.82) is 0 Å². The van der Waals surface area contributed by atoms with Crippen LogP contribution in [0.1, 0.15) is 39.5 Å². The van der Waals surface area contributed by atoms with E-state index in [-0.39, 0.29) is 23.7 Å². The molecule has 0 spiro atoms. The highest BCUT2D eigenvalue weighted by atomic mass is 32.1. The van der Waals surface area contributed by atoms with Gasteiger partial charge in [0, 0.05) is 13.2 Å². The molecule has 0 aromatic heterocycles. The summed E-state index contributed by atoms with van der Waals surface area (Å²) in [6.45, 7) is 6.02. The van der Waals surface area contributed by atoms with Crippen molar-refractivity contribution in [3.63, 3.8) is 0 Å². The molecule has 1 rings (SSSR count). The van der Waals surface area contributed by atoms with Gasteiger partial charge in [0.05, 0.1) is 6.61 Å². The molecule has 0 bridgehead atoms. The summed E-state index contributed by atoms with van der Waals surface area (Å²) in [6.07, 6.45) is 5.44. The van der Waals surface area contributed by atoms with E-state index < -0.39 is 0 Å². The van der Waals surface area contributed by atoms with Crippen LogP contribution >= 0.6 is 12.6 Å². The predicted octanol–water partition coefficient (Wildman–Crippen LogP) is 3.06. The van der Waals surface area contributed by atoms with Gasteiger partial charge in [-0.05, 0) is 12.8 Å². The van der Waals surface area contributed by atoms with Crippen LogP contribution in [0.5, 0.6) is 0 Å². The van der Waals surface area contributed by atoms with E-state index in [9.17, 15) is 0 Å². The molecule has 124 valence electrons. The second-order valence-corrected chi connectivity index (χ2v) is 5.58. The van der Waals surface area contributed by atoms with Crippen LogP contribution in [0, 0.1) is 0 Å². The highest BCUT2D eigenvalue weighted by Crippen LogP contribution is 2.29. The van der Waals surface area contributed by atoms with Gasteiger partial charge in [0.2, 0.25) is 0 Å². The van der Waals surface area contributed by atoms with Crippen molar-refractivity contribution in [2.24, 2.45) is 0 Å². The maximum absolute atomic E-state index is 8.79. The van der Waals surface area contributed by atoms with Crippen molar-refractivity contribution in [3.8, 4) is 0 Å². The molecule has 1 saturated heterocycles. The van der Waals surface area contributed by atoms with Gasteiger partial charge in [-0.25, -0.2) is 0 Å². The Balaban J connectivity index is 2.51. The molecule has 1 aliphatic heterocycles. The lowest BCUT2D eigenvalue weighted by atomic mass is 10.1. The summed E-state index contributed by atoms with van der Waals surface area (Å²) in [4.78, 5) is 0. The fourth-order valence-corrected chi connectivity index (χ4v) is 2.53. The zero-order chi connectivity index (χ0) is 15.5. The van der Waals surface area contributed by atoms with E-state index in [2.05, 4.69) is 26.5 Å². The zero-order valence-electron chi connectivity index (χ0n) is 12.9. The van der Waals surface area contributed by atoms with Crippen LogP contribution in [0.25, 0.3) is 0 Å². The molecule has 0 aliphatic carbocycles. The smallest absolute Gasteiger partial charge is 0.156 e. The third kappa shape index (κ3) is 6.46. The summed E-state index contributed by atoms with van der Waals surface area (Å²) in [5.41, 5.74) is -0.348. The van der Waals surface area contributed by atoms with Gasteiger partial charge in [0.25, 0.3) is 0 Å². The summed E-state index contributed by atoms with van der Waals surface area (Å²) < 4.78 is 22.7. The molecule has 0 amide bonds. The molecule has 1 heterocycles. The van der Waals surface area contributed by atoms with E-state index in [1.807, 2.05) is 0 Å². The van der Waals surface area contributed by atoms with Gasteiger partial charge in [-0.3, -0.25) is 0 Å². The van der Waals surface area contributed by atoms with Gasteiger partial charge in [0.1, 0.15) is 30.2 Å². The molecule has 1 N–H and O–H groups in total. The van der Waals surface area contributed by atoms with Crippen molar-refractivity contribution < 1.29 is 24.1 Å². The van der Waals surface area contributed by atoms with Gasteiger partial charge < -0.3 is 24.1 Å². The largest absolute Gasteiger partial charge is 0.512 e. The van der Waals surface area contributed by atoms with Crippen LogP contribution in [0.4, 0.5) is 0 Å². The lowest BCUT2D eigenvalue weighted by Crippen LogP contribution is -2.37. The molecular weight excluding hydrogens is 292 g/mol. The number of hydrogen-bond donors (Lipinski definition) is 2. The van der Waals surface area contributed by atoms with Crippen molar-refractivity contribution in [3.05, 3.63) is 12.5 Å². The molecular formula is C15H28O5S. The maximum atomic E-state index is 8.79. The Hall–Kier alpha value is -0.430. The Morgan fingerprint density at radius 2 is 1.86 bits per heavy atom. The van der Waals surface area contributed by atoms with Gasteiger partial charge in [0.15, 0.2) is 6.10 Å². The monoisotopic (exact) mass is 320 g/mol. The Morgan fingerprint density at radius 1 is 1.14 bits per heavy atom. The van der Waals surface area contributed by atoms with Gasteiger partial charge >= 0.3 is 0 Å². The number of aliphatic hydroxyl groups excluding tert-OH is 1. The minimum absolute atomic E-state index is 0.243. The fourth-order valence-electron chi connectivity index (χ4n) is 2.12. The second kappa shape index (κ2) is 11.2. The molecule has 1 fully saturated rings. The summed E-state index contributed by atoms with van der Waals surface area (Å²) in [6, 6.07) is 0. The third-order valence-electron chi connectivity index (χ3n) is 3.31. The standard InChI is InChI=1S/C15H28O5S/c1-3-5-8-17-11-12-13(19-10-7-16)14(15(21)20-12)18-9-6-4-2/h7,10,12-16,21H,3-6,8-9,11H2,1-2H3. The maximum Gasteiger partial charge on any atom is 0.156 e. The van der Waals surface area contributed by atoms with Crippen molar-refractivity contribution in [1.82, 2.24) is 0 Å². The van der Waals surface area contributed by atoms with Crippen molar-refractivity contribution in [2.45, 2.75) is 63.3 Å². The minimum Gasteiger partial charge on any atom is -0.512 e. The van der Waals surface area contributed by atoms with Crippen LogP contribution < -0.4 is 0 Å². The Bertz CT molecular complexity index is 287. The first-order valence-corrected chi connectivity index (χ1v) is 8.23. The number of unbranched alkanes of at least 4 members (excludes halogenated alkanes) is 2. The average Bonchev–Trinajstić information content (AvgIpc) is 2.77. The number of ether oxygens (including phenoxy) is 4. The van der Waals surface area contributed by atoms with Crippen molar-refractivity contribution >= 4 is 12.6 Å². The molecule has 0 radical (unpaired) electrons. The summed E-state index contributed by atoms with van der Waals surface area (Å²) >= 11 is 4.42. The molecule has 0 aromatic rings. The van der Waals surface area contributed by atoms with Crippen LogP contribution in [-0.2, 0) is 18.9 Å². The third-order valence-corrected chi connectivity index (χ3v) is 3.73. The van der Waals surface area contributed by atoms with Gasteiger partial charge in [-0.15, -0.1) is 12.6 Å². The number of thiol groups is 1. The van der Waals surface area contributed by atoms with Crippen LogP contribution in [-0.4, -0.2) is 48.7 Å². The first-order valence-electron chi connectivity index (χ1n) is 7.72. The van der Waals surface area contributed by atoms with Crippen LogP contribution in [0.3, 0.4) is 0 Å². The van der Waals surface area contributed by atoms with Crippen molar-refractivity contribution in [2.75, 3.05) is 19.8 Å². The molecule has 6 heteroatoms. The first-order chi connectivity index (χ1) is 10.2. The van der Waals surface area contributed by atoms with Crippen LogP contribution in [0.2, 0.25) is 0 Å². The van der Waals surface area contributed by atoms with Gasteiger partial charge in [-0.2, -0.15) is 0 Å². The second-order valence-electron chi connectivity index (χ2n) is 5.07. The van der Waals surface area contributed by atoms with E-state index in [0.717, 1.165) is 31.9 Å². The normalized spacial score (nSPS) is 29.3. The minimum atomic E-state index is -0.348. The summed E-state index contributed by atoms with van der Waals surface area (Å²) in [5.74, 6) is 0. The van der Waals surface area contributed by atoms with E-state index in [4.69, 9.17) is 24.1 Å². The van der Waals surface area contributed by atoms with E-state index in [1.165, 1.54) is 6.26 Å². The molecule has 4 atom stereocenters. The Kier molecular flexibility index (Phi) is 9.91. The molecule has 5 nitrogen and oxygen atoms in total. The van der Waals surface area contributed by atoms with E-state index >= 15 is 0 Å². The topological polar surface area (TPSA) is 57.2 Å². The average molecular weight is 320 g/mol. The van der Waals surface area contributed by atoms with Crippen LogP contribution in [0.15, 0.2) is 12.5 Å².